The lowest BCUT2D eigenvalue weighted by atomic mass is 9.88. The molecule has 0 radical (unpaired) electrons. The Balaban J connectivity index is 2.58. The molecule has 0 aromatic rings. The number of piperidine rings is 1. The van der Waals surface area contributed by atoms with Crippen molar-refractivity contribution in [2.45, 2.75) is 51.7 Å². The number of alkyl carbamates (subject to hydrolysis) is 1. The molecule has 0 aromatic carbocycles. The number of carboxylic acid groups (broad SMARTS) is 1. The number of amides is 1. The Kier molecular flexibility index (Phi) is 5.60. The van der Waals surface area contributed by atoms with E-state index < -0.39 is 17.7 Å². The van der Waals surface area contributed by atoms with Gasteiger partial charge in [0.05, 0.1) is 6.42 Å². The van der Waals surface area contributed by atoms with E-state index in [9.17, 15) is 9.59 Å². The first-order chi connectivity index (χ1) is 8.78. The second kappa shape index (κ2) is 6.75. The molecule has 1 unspecified atom stereocenters. The van der Waals surface area contributed by atoms with Gasteiger partial charge in [-0.05, 0) is 52.6 Å². The van der Waals surface area contributed by atoms with Gasteiger partial charge in [0.1, 0.15) is 5.60 Å². The van der Waals surface area contributed by atoms with Gasteiger partial charge < -0.3 is 20.5 Å². The normalized spacial score (nSPS) is 18.7. The van der Waals surface area contributed by atoms with Gasteiger partial charge in [0.25, 0.3) is 0 Å². The van der Waals surface area contributed by atoms with Crippen LogP contribution in [0.4, 0.5) is 4.79 Å². The van der Waals surface area contributed by atoms with Crippen molar-refractivity contribution < 1.29 is 19.4 Å². The van der Waals surface area contributed by atoms with Crippen LogP contribution >= 0.6 is 0 Å². The quantitative estimate of drug-likeness (QED) is 0.719. The maximum Gasteiger partial charge on any atom is 0.407 e. The van der Waals surface area contributed by atoms with Gasteiger partial charge in [-0.2, -0.15) is 0 Å². The van der Waals surface area contributed by atoms with Gasteiger partial charge >= 0.3 is 12.1 Å². The fourth-order valence-electron chi connectivity index (χ4n) is 2.23. The smallest absolute Gasteiger partial charge is 0.407 e. The highest BCUT2D eigenvalue weighted by Crippen LogP contribution is 2.19. The number of hydrogen-bond acceptors (Lipinski definition) is 4. The summed E-state index contributed by atoms with van der Waals surface area (Å²) in [6.45, 7) is 7.06. The van der Waals surface area contributed by atoms with Crippen molar-refractivity contribution in [3.8, 4) is 0 Å². The third kappa shape index (κ3) is 6.42. The van der Waals surface area contributed by atoms with Gasteiger partial charge in [0.2, 0.25) is 0 Å². The zero-order valence-electron chi connectivity index (χ0n) is 11.9. The van der Waals surface area contributed by atoms with Crippen molar-refractivity contribution in [1.29, 1.82) is 0 Å². The van der Waals surface area contributed by atoms with Crippen LogP contribution in [0.3, 0.4) is 0 Å². The first-order valence-corrected chi connectivity index (χ1v) is 6.70. The molecule has 1 fully saturated rings. The van der Waals surface area contributed by atoms with Crippen LogP contribution in [0.5, 0.6) is 0 Å². The number of carbonyl (C=O) groups is 2. The topological polar surface area (TPSA) is 87.7 Å². The van der Waals surface area contributed by atoms with Crippen LogP contribution in [-0.4, -0.2) is 41.9 Å². The molecule has 3 N–H and O–H groups in total. The summed E-state index contributed by atoms with van der Waals surface area (Å²) in [5.74, 6) is -0.718. The maximum absolute atomic E-state index is 11.8. The van der Waals surface area contributed by atoms with Crippen molar-refractivity contribution in [2.24, 2.45) is 5.92 Å². The number of hydrogen-bond donors (Lipinski definition) is 3. The molecule has 1 rings (SSSR count). The lowest BCUT2D eigenvalue weighted by Crippen LogP contribution is -2.47. The molecule has 1 saturated heterocycles. The molecule has 0 aromatic heterocycles. The molecule has 0 spiro atoms. The van der Waals surface area contributed by atoms with Crippen molar-refractivity contribution in [3.05, 3.63) is 0 Å². The molecular formula is C13H24N2O4. The zero-order chi connectivity index (χ0) is 14.5. The summed E-state index contributed by atoms with van der Waals surface area (Å²) in [5.41, 5.74) is -0.577. The van der Waals surface area contributed by atoms with Crippen LogP contribution in [0, 0.1) is 5.92 Å². The van der Waals surface area contributed by atoms with Crippen molar-refractivity contribution in [2.75, 3.05) is 13.1 Å². The highest BCUT2D eigenvalue weighted by atomic mass is 16.6. The molecule has 1 amide bonds. The molecule has 1 atom stereocenters. The number of carbonyl (C=O) groups excluding carboxylic acids is 1. The SMILES string of the molecule is CC(C)(C)OC(=O)NC(CC(=O)O)C1CCNCC1. The van der Waals surface area contributed by atoms with E-state index in [0.717, 1.165) is 25.9 Å². The number of ether oxygens (including phenoxy) is 1. The minimum atomic E-state index is -0.903. The van der Waals surface area contributed by atoms with E-state index in [1.54, 1.807) is 20.8 Å². The predicted molar refractivity (Wildman–Crippen MR) is 71.0 cm³/mol. The third-order valence-electron chi connectivity index (χ3n) is 3.05. The molecule has 0 bridgehead atoms. The van der Waals surface area contributed by atoms with Gasteiger partial charge in [-0.15, -0.1) is 0 Å². The summed E-state index contributed by atoms with van der Waals surface area (Å²) < 4.78 is 5.18. The fraction of sp³-hybridized carbons (Fsp3) is 0.846. The summed E-state index contributed by atoms with van der Waals surface area (Å²) in [4.78, 5) is 22.7. The second-order valence-electron chi connectivity index (χ2n) is 5.94. The molecule has 0 saturated carbocycles. The lowest BCUT2D eigenvalue weighted by molar-refractivity contribution is -0.137. The highest BCUT2D eigenvalue weighted by molar-refractivity contribution is 5.71. The Labute approximate surface area is 113 Å². The average Bonchev–Trinajstić information content (AvgIpc) is 2.26. The Morgan fingerprint density at radius 2 is 1.95 bits per heavy atom. The second-order valence-corrected chi connectivity index (χ2v) is 5.94. The lowest BCUT2D eigenvalue weighted by Gasteiger charge is -2.31. The standard InChI is InChI=1S/C13H24N2O4/c1-13(2,3)19-12(18)15-10(8-11(16)17)9-4-6-14-7-5-9/h9-10,14H,4-8H2,1-3H3,(H,15,18)(H,16,17). The van der Waals surface area contributed by atoms with E-state index in [4.69, 9.17) is 9.84 Å². The van der Waals surface area contributed by atoms with E-state index in [-0.39, 0.29) is 18.4 Å². The van der Waals surface area contributed by atoms with Gasteiger partial charge in [0, 0.05) is 6.04 Å². The molecule has 1 heterocycles. The van der Waals surface area contributed by atoms with Gasteiger partial charge in [-0.1, -0.05) is 0 Å². The number of aliphatic carboxylic acids is 1. The van der Waals surface area contributed by atoms with Crippen LogP contribution < -0.4 is 10.6 Å². The molecular weight excluding hydrogens is 248 g/mol. The first kappa shape index (κ1) is 15.8. The summed E-state index contributed by atoms with van der Waals surface area (Å²) in [6.07, 6.45) is 1.13. The highest BCUT2D eigenvalue weighted by Gasteiger charge is 2.28. The van der Waals surface area contributed by atoms with Crippen molar-refractivity contribution in [3.63, 3.8) is 0 Å². The van der Waals surface area contributed by atoms with Crippen LogP contribution in [0.1, 0.15) is 40.0 Å². The molecule has 6 nitrogen and oxygen atoms in total. The van der Waals surface area contributed by atoms with Gasteiger partial charge in [-0.25, -0.2) is 4.79 Å². The van der Waals surface area contributed by atoms with Crippen LogP contribution in [0.2, 0.25) is 0 Å². The molecule has 110 valence electrons. The summed E-state index contributed by atoms with van der Waals surface area (Å²) in [6, 6.07) is -0.366. The zero-order valence-corrected chi connectivity index (χ0v) is 11.9. The Morgan fingerprint density at radius 1 is 1.37 bits per heavy atom. The number of rotatable bonds is 4. The monoisotopic (exact) mass is 272 g/mol. The van der Waals surface area contributed by atoms with E-state index in [2.05, 4.69) is 10.6 Å². The summed E-state index contributed by atoms with van der Waals surface area (Å²) in [7, 11) is 0. The van der Waals surface area contributed by atoms with Gasteiger partial charge in [0.15, 0.2) is 0 Å². The number of nitrogens with one attached hydrogen (secondary N) is 2. The maximum atomic E-state index is 11.8. The summed E-state index contributed by atoms with van der Waals surface area (Å²) >= 11 is 0. The van der Waals surface area contributed by atoms with Crippen LogP contribution in [-0.2, 0) is 9.53 Å². The van der Waals surface area contributed by atoms with E-state index in [0.29, 0.717) is 0 Å². The molecule has 19 heavy (non-hydrogen) atoms. The van der Waals surface area contributed by atoms with E-state index in [1.165, 1.54) is 0 Å². The Bertz CT molecular complexity index is 319. The minimum Gasteiger partial charge on any atom is -0.481 e. The van der Waals surface area contributed by atoms with Crippen molar-refractivity contribution >= 4 is 12.1 Å². The van der Waals surface area contributed by atoms with E-state index in [1.807, 2.05) is 0 Å². The molecule has 6 heteroatoms. The third-order valence-corrected chi connectivity index (χ3v) is 3.05. The first-order valence-electron chi connectivity index (χ1n) is 6.70. The molecule has 1 aliphatic rings. The molecule has 0 aliphatic carbocycles. The summed E-state index contributed by atoms with van der Waals surface area (Å²) in [5, 5.41) is 14.9. The van der Waals surface area contributed by atoms with Gasteiger partial charge in [-0.3, -0.25) is 4.79 Å². The minimum absolute atomic E-state index is 0.0656. The van der Waals surface area contributed by atoms with Crippen LogP contribution in [0.15, 0.2) is 0 Å². The largest absolute Gasteiger partial charge is 0.481 e. The van der Waals surface area contributed by atoms with E-state index >= 15 is 0 Å². The predicted octanol–water partition coefficient (Wildman–Crippen LogP) is 1.35. The average molecular weight is 272 g/mol. The van der Waals surface area contributed by atoms with Crippen LogP contribution in [0.25, 0.3) is 0 Å². The number of carboxylic acids is 1. The fourth-order valence-corrected chi connectivity index (χ4v) is 2.23. The van der Waals surface area contributed by atoms with Crippen molar-refractivity contribution in [1.82, 2.24) is 10.6 Å². The Hall–Kier alpha value is -1.30. The Morgan fingerprint density at radius 3 is 2.42 bits per heavy atom. The molecule has 1 aliphatic heterocycles.